The lowest BCUT2D eigenvalue weighted by Crippen LogP contribution is -2.11. The largest absolute Gasteiger partial charge is 0.496 e. The van der Waals surface area contributed by atoms with Gasteiger partial charge in [0.05, 0.1) is 30.5 Å². The van der Waals surface area contributed by atoms with Crippen molar-refractivity contribution in [3.8, 4) is 22.7 Å². The number of methoxy groups -OCH3 is 2. The zero-order chi connectivity index (χ0) is 21.1. The van der Waals surface area contributed by atoms with Gasteiger partial charge in [-0.25, -0.2) is 14.1 Å². The molecule has 0 aliphatic rings. The third kappa shape index (κ3) is 3.62. The van der Waals surface area contributed by atoms with E-state index in [0.717, 1.165) is 5.56 Å². The van der Waals surface area contributed by atoms with Crippen LogP contribution in [0.5, 0.6) is 5.75 Å². The number of ether oxygens (including phenoxy) is 2. The Bertz CT molecular complexity index is 1190. The molecule has 8 nitrogen and oxygen atoms in total. The fourth-order valence-electron chi connectivity index (χ4n) is 3.20. The maximum Gasteiger partial charge on any atom is 0.225 e. The fourth-order valence-corrected chi connectivity index (χ4v) is 3.20. The van der Waals surface area contributed by atoms with Crippen LogP contribution in [0.15, 0.2) is 48.5 Å². The van der Waals surface area contributed by atoms with Gasteiger partial charge in [-0.1, -0.05) is 18.2 Å². The van der Waals surface area contributed by atoms with Crippen molar-refractivity contribution < 1.29 is 13.9 Å². The van der Waals surface area contributed by atoms with Gasteiger partial charge in [0.15, 0.2) is 5.65 Å². The van der Waals surface area contributed by atoms with Gasteiger partial charge in [-0.2, -0.15) is 4.98 Å². The van der Waals surface area contributed by atoms with E-state index in [1.54, 1.807) is 26.4 Å². The second-order valence-electron chi connectivity index (χ2n) is 6.49. The molecule has 2 heterocycles. The lowest BCUT2D eigenvalue weighted by molar-refractivity contribution is 0.210. The number of nitrogens with one attached hydrogen (secondary N) is 1. The number of hydrogen-bond acceptors (Lipinski definition) is 7. The van der Waals surface area contributed by atoms with E-state index < -0.39 is 0 Å². The normalized spacial score (nSPS) is 11.0. The van der Waals surface area contributed by atoms with Crippen molar-refractivity contribution in [3.63, 3.8) is 0 Å². The molecule has 0 saturated heterocycles. The number of halogens is 1. The number of nitrogen functional groups attached to an aromatic ring is 1. The summed E-state index contributed by atoms with van der Waals surface area (Å²) in [6.07, 6.45) is 0. The Hall–Kier alpha value is -3.72. The number of aromatic nitrogens is 4. The lowest BCUT2D eigenvalue weighted by Gasteiger charge is -2.11. The van der Waals surface area contributed by atoms with Crippen LogP contribution in [0.4, 0.5) is 16.2 Å². The van der Waals surface area contributed by atoms with Crippen molar-refractivity contribution in [2.24, 2.45) is 0 Å². The second kappa shape index (κ2) is 8.34. The number of para-hydroxylation sites is 1. The number of rotatable bonds is 7. The van der Waals surface area contributed by atoms with Crippen LogP contribution in [0.2, 0.25) is 0 Å². The zero-order valence-electron chi connectivity index (χ0n) is 16.6. The van der Waals surface area contributed by atoms with Crippen LogP contribution in [0, 0.1) is 5.82 Å². The molecule has 0 saturated carbocycles. The average molecular weight is 408 g/mol. The van der Waals surface area contributed by atoms with E-state index in [4.69, 9.17) is 15.2 Å². The Labute approximate surface area is 172 Å². The first-order valence-electron chi connectivity index (χ1n) is 9.30. The fraction of sp³-hybridized carbons (Fsp3) is 0.190. The first-order chi connectivity index (χ1) is 14.6. The van der Waals surface area contributed by atoms with Crippen molar-refractivity contribution in [1.29, 1.82) is 0 Å². The third-order valence-corrected chi connectivity index (χ3v) is 4.57. The predicted molar refractivity (Wildman–Crippen MR) is 113 cm³/mol. The lowest BCUT2D eigenvalue weighted by atomic mass is 10.1. The molecular weight excluding hydrogens is 387 g/mol. The van der Waals surface area contributed by atoms with Crippen LogP contribution in [-0.4, -0.2) is 47.1 Å². The maximum atomic E-state index is 13.8. The van der Waals surface area contributed by atoms with Crippen molar-refractivity contribution in [2.75, 3.05) is 38.4 Å². The van der Waals surface area contributed by atoms with Gasteiger partial charge in [0.2, 0.25) is 5.95 Å². The van der Waals surface area contributed by atoms with E-state index >= 15 is 0 Å². The predicted octanol–water partition coefficient (Wildman–Crippen LogP) is 3.27. The Morgan fingerprint density at radius 2 is 1.93 bits per heavy atom. The Balaban J connectivity index is 1.95. The summed E-state index contributed by atoms with van der Waals surface area (Å²) < 4.78 is 25.8. The van der Waals surface area contributed by atoms with Crippen LogP contribution in [0.3, 0.4) is 0 Å². The number of benzene rings is 2. The van der Waals surface area contributed by atoms with Gasteiger partial charge in [-0.05, 0) is 30.3 Å². The first-order valence-corrected chi connectivity index (χ1v) is 9.30. The standard InChI is InChI=1S/C21H21FN6O2/c1-29-11-10-24-21-25-18(15-8-3-4-9-16(15)30-2)17-19(23)28(27-20(17)26-21)14-7-5-6-13(22)12-14/h3-9,12H,10-11,23H2,1-2H3,(H,24,26,27). The summed E-state index contributed by atoms with van der Waals surface area (Å²) in [6.45, 7) is 1.01. The topological polar surface area (TPSA) is 100 Å². The summed E-state index contributed by atoms with van der Waals surface area (Å²) in [6, 6.07) is 13.5. The molecule has 2 aromatic heterocycles. The Morgan fingerprint density at radius 1 is 1.10 bits per heavy atom. The molecule has 0 fully saturated rings. The van der Waals surface area contributed by atoms with Crippen molar-refractivity contribution in [3.05, 3.63) is 54.3 Å². The molecule has 0 radical (unpaired) electrons. The number of fused-ring (bicyclic) bond motifs is 1. The quantitative estimate of drug-likeness (QED) is 0.453. The summed E-state index contributed by atoms with van der Waals surface area (Å²) in [5, 5.41) is 8.20. The van der Waals surface area contributed by atoms with Crippen LogP contribution < -0.4 is 15.8 Å². The van der Waals surface area contributed by atoms with E-state index in [1.165, 1.54) is 16.8 Å². The molecule has 2 aromatic carbocycles. The molecule has 3 N–H and O–H groups in total. The van der Waals surface area contributed by atoms with E-state index in [9.17, 15) is 4.39 Å². The molecule has 0 unspecified atom stereocenters. The summed E-state index contributed by atoms with van der Waals surface area (Å²) in [4.78, 5) is 9.17. The zero-order valence-corrected chi connectivity index (χ0v) is 16.6. The second-order valence-corrected chi connectivity index (χ2v) is 6.49. The van der Waals surface area contributed by atoms with Gasteiger partial charge < -0.3 is 20.5 Å². The Morgan fingerprint density at radius 3 is 2.70 bits per heavy atom. The molecule has 154 valence electrons. The molecule has 0 atom stereocenters. The van der Waals surface area contributed by atoms with Gasteiger partial charge in [0, 0.05) is 19.2 Å². The molecule has 0 spiro atoms. The number of nitrogens with zero attached hydrogens (tertiary/aromatic N) is 4. The van der Waals surface area contributed by atoms with Crippen molar-refractivity contribution >= 4 is 22.8 Å². The van der Waals surface area contributed by atoms with Gasteiger partial charge in [-0.3, -0.25) is 0 Å². The van der Waals surface area contributed by atoms with Crippen molar-refractivity contribution in [1.82, 2.24) is 19.7 Å². The highest BCUT2D eigenvalue weighted by molar-refractivity contribution is 6.00. The minimum atomic E-state index is -0.385. The SMILES string of the molecule is COCCNc1nc(-c2ccccc2OC)c2c(N)n(-c3cccc(F)c3)nc2n1. The molecule has 4 aromatic rings. The van der Waals surface area contributed by atoms with Crippen LogP contribution in [0.25, 0.3) is 28.0 Å². The van der Waals surface area contributed by atoms with E-state index in [1.807, 2.05) is 24.3 Å². The Kier molecular flexibility index (Phi) is 5.44. The monoisotopic (exact) mass is 408 g/mol. The molecule has 9 heteroatoms. The molecule has 0 amide bonds. The smallest absolute Gasteiger partial charge is 0.225 e. The summed E-state index contributed by atoms with van der Waals surface area (Å²) in [7, 11) is 3.21. The van der Waals surface area contributed by atoms with Crippen LogP contribution in [-0.2, 0) is 4.74 Å². The molecule has 0 bridgehead atoms. The van der Waals surface area contributed by atoms with Crippen molar-refractivity contribution in [2.45, 2.75) is 0 Å². The number of anilines is 2. The molecule has 4 rings (SSSR count). The average Bonchev–Trinajstić information content (AvgIpc) is 3.10. The maximum absolute atomic E-state index is 13.8. The van der Waals surface area contributed by atoms with E-state index in [2.05, 4.69) is 20.4 Å². The minimum absolute atomic E-state index is 0.306. The molecular formula is C21H21FN6O2. The summed E-state index contributed by atoms with van der Waals surface area (Å²) in [5.74, 6) is 0.937. The summed E-state index contributed by atoms with van der Waals surface area (Å²) >= 11 is 0. The highest BCUT2D eigenvalue weighted by atomic mass is 19.1. The van der Waals surface area contributed by atoms with Gasteiger partial charge >= 0.3 is 0 Å². The van der Waals surface area contributed by atoms with Gasteiger partial charge in [0.25, 0.3) is 0 Å². The number of nitrogens with two attached hydrogens (primary N) is 1. The highest BCUT2D eigenvalue weighted by Gasteiger charge is 2.21. The van der Waals surface area contributed by atoms with Gasteiger partial charge in [-0.15, -0.1) is 5.10 Å². The minimum Gasteiger partial charge on any atom is -0.496 e. The van der Waals surface area contributed by atoms with Gasteiger partial charge in [0.1, 0.15) is 17.4 Å². The van der Waals surface area contributed by atoms with Crippen LogP contribution in [0.1, 0.15) is 0 Å². The molecule has 0 aliphatic heterocycles. The number of hydrogen-bond donors (Lipinski definition) is 2. The van der Waals surface area contributed by atoms with E-state index in [-0.39, 0.29) is 5.82 Å². The highest BCUT2D eigenvalue weighted by Crippen LogP contribution is 2.37. The third-order valence-electron chi connectivity index (χ3n) is 4.57. The van der Waals surface area contributed by atoms with Crippen LogP contribution >= 0.6 is 0 Å². The molecule has 30 heavy (non-hydrogen) atoms. The van der Waals surface area contributed by atoms with E-state index in [0.29, 0.717) is 53.1 Å². The summed E-state index contributed by atoms with van der Waals surface area (Å²) in [5.41, 5.74) is 8.62. The first kappa shape index (κ1) is 19.6. The molecule has 0 aliphatic carbocycles.